The number of halogens is 1. The standard InChI is InChI=1S/C11H17BrN2O2S2/c1-8-6-10(17-11(8)12)18(15,16)13-9-4-3-5-14(2)7-9/h6,9,13H,3-5,7H2,1-2H3. The van der Waals surface area contributed by atoms with E-state index in [0.29, 0.717) is 4.21 Å². The summed E-state index contributed by atoms with van der Waals surface area (Å²) in [6, 6.07) is 1.74. The number of likely N-dealkylation sites (tertiary alicyclic amines) is 1. The van der Waals surface area contributed by atoms with Gasteiger partial charge in [0.05, 0.1) is 3.79 Å². The molecule has 2 heterocycles. The lowest BCUT2D eigenvalue weighted by molar-refractivity contribution is 0.242. The molecule has 1 unspecified atom stereocenters. The normalized spacial score (nSPS) is 22.3. The Morgan fingerprint density at radius 2 is 2.28 bits per heavy atom. The molecule has 102 valence electrons. The fraction of sp³-hybridized carbons (Fsp3) is 0.636. The summed E-state index contributed by atoms with van der Waals surface area (Å²) in [6.07, 6.45) is 1.95. The van der Waals surface area contributed by atoms with Gasteiger partial charge < -0.3 is 4.90 Å². The number of hydrogen-bond donors (Lipinski definition) is 1. The summed E-state index contributed by atoms with van der Waals surface area (Å²) in [5, 5.41) is 0. The van der Waals surface area contributed by atoms with Gasteiger partial charge in [0, 0.05) is 12.6 Å². The van der Waals surface area contributed by atoms with Crippen molar-refractivity contribution < 1.29 is 8.42 Å². The molecule has 0 aromatic carbocycles. The van der Waals surface area contributed by atoms with Crippen molar-refractivity contribution in [1.29, 1.82) is 0 Å². The van der Waals surface area contributed by atoms with Crippen molar-refractivity contribution in [1.82, 2.24) is 9.62 Å². The van der Waals surface area contributed by atoms with Crippen LogP contribution in [-0.4, -0.2) is 39.5 Å². The van der Waals surface area contributed by atoms with Gasteiger partial charge in [-0.1, -0.05) is 0 Å². The zero-order chi connectivity index (χ0) is 13.3. The van der Waals surface area contributed by atoms with Gasteiger partial charge >= 0.3 is 0 Å². The summed E-state index contributed by atoms with van der Waals surface area (Å²) in [5.41, 5.74) is 0.959. The fourth-order valence-electron chi connectivity index (χ4n) is 2.10. The maximum Gasteiger partial charge on any atom is 0.250 e. The number of hydrogen-bond acceptors (Lipinski definition) is 4. The highest BCUT2D eigenvalue weighted by Crippen LogP contribution is 2.30. The van der Waals surface area contributed by atoms with Crippen LogP contribution in [0.15, 0.2) is 14.1 Å². The van der Waals surface area contributed by atoms with Crippen molar-refractivity contribution in [3.05, 3.63) is 15.4 Å². The smallest absolute Gasteiger partial charge is 0.250 e. The van der Waals surface area contributed by atoms with Gasteiger partial charge in [-0.25, -0.2) is 13.1 Å². The van der Waals surface area contributed by atoms with Crippen LogP contribution in [0.3, 0.4) is 0 Å². The van der Waals surface area contributed by atoms with Gasteiger partial charge in [-0.3, -0.25) is 0 Å². The number of rotatable bonds is 3. The Kier molecular flexibility index (Phi) is 4.48. The minimum absolute atomic E-state index is 0.0231. The molecule has 1 aliphatic rings. The lowest BCUT2D eigenvalue weighted by Gasteiger charge is -2.29. The predicted octanol–water partition coefficient (Wildman–Crippen LogP) is 2.19. The predicted molar refractivity (Wildman–Crippen MR) is 77.6 cm³/mol. The van der Waals surface area contributed by atoms with E-state index in [1.165, 1.54) is 11.3 Å². The SMILES string of the molecule is Cc1cc(S(=O)(=O)NC2CCCN(C)C2)sc1Br. The molecule has 1 aromatic rings. The monoisotopic (exact) mass is 352 g/mol. The molecule has 1 aromatic heterocycles. The molecule has 1 aliphatic heterocycles. The van der Waals surface area contributed by atoms with Crippen LogP contribution in [-0.2, 0) is 10.0 Å². The van der Waals surface area contributed by atoms with E-state index in [-0.39, 0.29) is 6.04 Å². The maximum atomic E-state index is 12.2. The Balaban J connectivity index is 2.12. The molecule has 1 N–H and O–H groups in total. The van der Waals surface area contributed by atoms with Gasteiger partial charge in [-0.05, 0) is 60.9 Å². The highest BCUT2D eigenvalue weighted by atomic mass is 79.9. The fourth-order valence-corrected chi connectivity index (χ4v) is 5.61. The Hall–Kier alpha value is 0.0500. The van der Waals surface area contributed by atoms with Gasteiger partial charge in [0.15, 0.2) is 0 Å². The number of nitrogens with zero attached hydrogens (tertiary/aromatic N) is 1. The number of aryl methyl sites for hydroxylation is 1. The van der Waals surface area contributed by atoms with E-state index in [0.717, 1.165) is 35.3 Å². The minimum atomic E-state index is -3.37. The second-order valence-corrected chi connectivity index (χ2v) is 9.06. The van der Waals surface area contributed by atoms with Crippen molar-refractivity contribution in [3.63, 3.8) is 0 Å². The molecule has 0 aliphatic carbocycles. The average Bonchev–Trinajstić information content (AvgIpc) is 2.59. The lowest BCUT2D eigenvalue weighted by atomic mass is 10.1. The van der Waals surface area contributed by atoms with Gasteiger partial charge in [0.25, 0.3) is 0 Å². The number of thiophene rings is 1. The topological polar surface area (TPSA) is 49.4 Å². The van der Waals surface area contributed by atoms with Gasteiger partial charge in [-0.2, -0.15) is 0 Å². The summed E-state index contributed by atoms with van der Waals surface area (Å²) in [7, 11) is -1.35. The molecule has 0 spiro atoms. The second-order valence-electron chi connectivity index (χ2n) is 4.74. The summed E-state index contributed by atoms with van der Waals surface area (Å²) in [6.45, 7) is 3.72. The first kappa shape index (κ1) is 14.5. The van der Waals surface area contributed by atoms with Gasteiger partial charge in [0.1, 0.15) is 4.21 Å². The van der Waals surface area contributed by atoms with E-state index in [2.05, 4.69) is 25.6 Å². The molecule has 0 radical (unpaired) electrons. The summed E-state index contributed by atoms with van der Waals surface area (Å²) >= 11 is 4.62. The van der Waals surface area contributed by atoms with E-state index in [1.54, 1.807) is 6.07 Å². The number of nitrogens with one attached hydrogen (secondary N) is 1. The zero-order valence-corrected chi connectivity index (χ0v) is 13.7. The van der Waals surface area contributed by atoms with E-state index >= 15 is 0 Å². The molecule has 0 bridgehead atoms. The van der Waals surface area contributed by atoms with Crippen LogP contribution in [0.2, 0.25) is 0 Å². The minimum Gasteiger partial charge on any atom is -0.305 e. The molecule has 7 heteroatoms. The van der Waals surface area contributed by atoms with Crippen LogP contribution in [0.25, 0.3) is 0 Å². The number of sulfonamides is 1. The van der Waals surface area contributed by atoms with Crippen LogP contribution >= 0.6 is 27.3 Å². The molecule has 2 rings (SSSR count). The molecule has 1 saturated heterocycles. The van der Waals surface area contributed by atoms with Crippen molar-refractivity contribution in [2.45, 2.75) is 30.0 Å². The molecule has 0 amide bonds. The Morgan fingerprint density at radius 1 is 1.56 bits per heavy atom. The van der Waals surface area contributed by atoms with Crippen LogP contribution in [0, 0.1) is 6.92 Å². The Bertz CT molecular complexity index is 508. The quantitative estimate of drug-likeness (QED) is 0.906. The first-order valence-corrected chi connectivity index (χ1v) is 8.94. The number of likely N-dealkylation sites (N-methyl/N-ethyl adjacent to an activating group) is 1. The van der Waals surface area contributed by atoms with Crippen molar-refractivity contribution in [3.8, 4) is 0 Å². The third kappa shape index (κ3) is 3.33. The van der Waals surface area contributed by atoms with Crippen molar-refractivity contribution >= 4 is 37.3 Å². The second kappa shape index (κ2) is 5.58. The Morgan fingerprint density at radius 3 is 2.83 bits per heavy atom. The van der Waals surface area contributed by atoms with Gasteiger partial charge in [0.2, 0.25) is 10.0 Å². The van der Waals surface area contributed by atoms with E-state index in [1.807, 2.05) is 14.0 Å². The molecule has 1 atom stereocenters. The van der Waals surface area contributed by atoms with Crippen molar-refractivity contribution in [2.24, 2.45) is 0 Å². The molecular formula is C11H17BrN2O2S2. The first-order chi connectivity index (χ1) is 8.38. The van der Waals surface area contributed by atoms with Crippen LogP contribution in [0.4, 0.5) is 0 Å². The largest absolute Gasteiger partial charge is 0.305 e. The van der Waals surface area contributed by atoms with Crippen molar-refractivity contribution in [2.75, 3.05) is 20.1 Å². The summed E-state index contributed by atoms with van der Waals surface area (Å²) in [4.78, 5) is 2.16. The lowest BCUT2D eigenvalue weighted by Crippen LogP contribution is -2.46. The molecule has 0 saturated carbocycles. The molecular weight excluding hydrogens is 336 g/mol. The highest BCUT2D eigenvalue weighted by molar-refractivity contribution is 9.11. The summed E-state index contributed by atoms with van der Waals surface area (Å²) in [5.74, 6) is 0. The van der Waals surface area contributed by atoms with Gasteiger partial charge in [-0.15, -0.1) is 11.3 Å². The van der Waals surface area contributed by atoms with E-state index in [9.17, 15) is 8.42 Å². The third-order valence-electron chi connectivity index (χ3n) is 3.05. The highest BCUT2D eigenvalue weighted by Gasteiger charge is 2.25. The van der Waals surface area contributed by atoms with E-state index in [4.69, 9.17) is 0 Å². The van der Waals surface area contributed by atoms with Crippen LogP contribution in [0.1, 0.15) is 18.4 Å². The number of piperidine rings is 1. The van der Waals surface area contributed by atoms with Crippen LogP contribution < -0.4 is 4.72 Å². The zero-order valence-electron chi connectivity index (χ0n) is 10.4. The first-order valence-electron chi connectivity index (χ1n) is 5.85. The molecule has 4 nitrogen and oxygen atoms in total. The van der Waals surface area contributed by atoms with E-state index < -0.39 is 10.0 Å². The Labute approximate surface area is 121 Å². The summed E-state index contributed by atoms with van der Waals surface area (Å²) < 4.78 is 28.5. The third-order valence-corrected chi connectivity index (χ3v) is 7.18. The average molecular weight is 353 g/mol. The maximum absolute atomic E-state index is 12.2. The van der Waals surface area contributed by atoms with Crippen LogP contribution in [0.5, 0.6) is 0 Å². The molecule has 1 fully saturated rings. The molecule has 18 heavy (non-hydrogen) atoms.